The van der Waals surface area contributed by atoms with Crippen LogP contribution in [0.2, 0.25) is 0 Å². The van der Waals surface area contributed by atoms with Crippen molar-refractivity contribution in [2.45, 2.75) is 13.0 Å². The van der Waals surface area contributed by atoms with Crippen molar-refractivity contribution in [1.82, 2.24) is 0 Å². The van der Waals surface area contributed by atoms with E-state index in [4.69, 9.17) is 10.5 Å². The average Bonchev–Trinajstić information content (AvgIpc) is 2.17. The van der Waals surface area contributed by atoms with Crippen LogP contribution in [0.3, 0.4) is 0 Å². The highest BCUT2D eigenvalue weighted by atomic mass is 16.5. The fourth-order valence-corrected chi connectivity index (χ4v) is 1.06. The number of rotatable bonds is 3. The maximum Gasteiger partial charge on any atom is 0.308 e. The van der Waals surface area contributed by atoms with Gasteiger partial charge in [-0.05, 0) is 17.7 Å². The number of aliphatic hydroxyl groups is 1. The van der Waals surface area contributed by atoms with E-state index in [0.29, 0.717) is 11.3 Å². The zero-order valence-corrected chi connectivity index (χ0v) is 7.93. The Morgan fingerprint density at radius 3 is 2.50 bits per heavy atom. The number of carbonyl (C=O) groups is 1. The second kappa shape index (κ2) is 4.74. The zero-order chi connectivity index (χ0) is 10.6. The van der Waals surface area contributed by atoms with Gasteiger partial charge in [0.15, 0.2) is 0 Å². The van der Waals surface area contributed by atoms with Crippen LogP contribution in [0.4, 0.5) is 0 Å². The van der Waals surface area contributed by atoms with E-state index in [0.717, 1.165) is 0 Å². The van der Waals surface area contributed by atoms with Crippen LogP contribution in [-0.4, -0.2) is 17.6 Å². The van der Waals surface area contributed by atoms with Gasteiger partial charge in [-0.15, -0.1) is 0 Å². The molecule has 4 heteroatoms. The highest BCUT2D eigenvalue weighted by Crippen LogP contribution is 2.16. The quantitative estimate of drug-likeness (QED) is 0.547. The lowest BCUT2D eigenvalue weighted by Crippen LogP contribution is -2.11. The summed E-state index contributed by atoms with van der Waals surface area (Å²) in [6, 6.07) is 6.59. The lowest BCUT2D eigenvalue weighted by atomic mass is 10.1. The van der Waals surface area contributed by atoms with Crippen molar-refractivity contribution in [2.24, 2.45) is 5.73 Å². The van der Waals surface area contributed by atoms with Crippen molar-refractivity contribution in [1.29, 1.82) is 0 Å². The minimum Gasteiger partial charge on any atom is -0.427 e. The molecule has 1 aromatic rings. The Kier molecular flexibility index (Phi) is 3.62. The number of ether oxygens (including phenoxy) is 1. The highest BCUT2D eigenvalue weighted by Gasteiger charge is 2.05. The van der Waals surface area contributed by atoms with E-state index >= 15 is 0 Å². The van der Waals surface area contributed by atoms with Crippen LogP contribution in [0.15, 0.2) is 24.3 Å². The fraction of sp³-hybridized carbons (Fsp3) is 0.300. The van der Waals surface area contributed by atoms with E-state index in [2.05, 4.69) is 0 Å². The number of hydrogen-bond acceptors (Lipinski definition) is 4. The summed E-state index contributed by atoms with van der Waals surface area (Å²) < 4.78 is 4.83. The number of nitrogens with two attached hydrogens (primary N) is 1. The third-order valence-corrected chi connectivity index (χ3v) is 1.75. The molecule has 1 rings (SSSR count). The Morgan fingerprint density at radius 2 is 2.07 bits per heavy atom. The molecule has 1 aromatic carbocycles. The minimum absolute atomic E-state index is 0.174. The summed E-state index contributed by atoms with van der Waals surface area (Å²) in [6.45, 7) is 1.51. The van der Waals surface area contributed by atoms with Crippen LogP contribution in [0.25, 0.3) is 0 Å². The summed E-state index contributed by atoms with van der Waals surface area (Å²) in [7, 11) is 0. The monoisotopic (exact) mass is 195 g/mol. The van der Waals surface area contributed by atoms with Crippen molar-refractivity contribution in [3.8, 4) is 5.75 Å². The van der Waals surface area contributed by atoms with Gasteiger partial charge in [-0.25, -0.2) is 0 Å². The molecule has 0 saturated heterocycles. The third-order valence-electron chi connectivity index (χ3n) is 1.75. The molecule has 0 bridgehead atoms. The number of hydrogen-bond donors (Lipinski definition) is 2. The molecule has 0 spiro atoms. The summed E-state index contributed by atoms with van der Waals surface area (Å²) in [5, 5.41) is 9.37. The topological polar surface area (TPSA) is 72.5 Å². The molecule has 0 heterocycles. The molecule has 0 aromatic heterocycles. The van der Waals surface area contributed by atoms with Gasteiger partial charge in [0.2, 0.25) is 0 Å². The SMILES string of the molecule is CC(=O)Oc1ccc(C(O)CN)cc1. The van der Waals surface area contributed by atoms with E-state index in [1.54, 1.807) is 24.3 Å². The first-order chi connectivity index (χ1) is 6.63. The first kappa shape index (κ1) is 10.7. The van der Waals surface area contributed by atoms with Gasteiger partial charge < -0.3 is 15.6 Å². The van der Waals surface area contributed by atoms with Gasteiger partial charge in [0.1, 0.15) is 5.75 Å². The van der Waals surface area contributed by atoms with E-state index < -0.39 is 6.10 Å². The van der Waals surface area contributed by atoms with Crippen LogP contribution in [0, 0.1) is 0 Å². The van der Waals surface area contributed by atoms with Crippen molar-refractivity contribution >= 4 is 5.97 Å². The average molecular weight is 195 g/mol. The number of aliphatic hydroxyl groups excluding tert-OH is 1. The van der Waals surface area contributed by atoms with Crippen LogP contribution >= 0.6 is 0 Å². The van der Waals surface area contributed by atoms with Crippen molar-refractivity contribution in [2.75, 3.05) is 6.54 Å². The molecule has 4 nitrogen and oxygen atoms in total. The summed E-state index contributed by atoms with van der Waals surface area (Å²) in [5.74, 6) is 0.0996. The molecule has 0 fully saturated rings. The lowest BCUT2D eigenvalue weighted by molar-refractivity contribution is -0.131. The second-order valence-electron chi connectivity index (χ2n) is 2.91. The van der Waals surface area contributed by atoms with Gasteiger partial charge in [0, 0.05) is 13.5 Å². The van der Waals surface area contributed by atoms with Crippen LogP contribution in [-0.2, 0) is 4.79 Å². The second-order valence-corrected chi connectivity index (χ2v) is 2.91. The lowest BCUT2D eigenvalue weighted by Gasteiger charge is -2.08. The molecule has 0 aliphatic heterocycles. The Morgan fingerprint density at radius 1 is 1.50 bits per heavy atom. The van der Waals surface area contributed by atoms with E-state index in [1.165, 1.54) is 6.92 Å². The molecule has 0 radical (unpaired) electrons. The first-order valence-corrected chi connectivity index (χ1v) is 4.30. The molecule has 76 valence electrons. The van der Waals surface area contributed by atoms with Gasteiger partial charge in [0.25, 0.3) is 0 Å². The summed E-state index contributed by atoms with van der Waals surface area (Å²) in [4.78, 5) is 10.6. The first-order valence-electron chi connectivity index (χ1n) is 4.30. The molecule has 14 heavy (non-hydrogen) atoms. The van der Waals surface area contributed by atoms with Gasteiger partial charge >= 0.3 is 5.97 Å². The van der Waals surface area contributed by atoms with Crippen molar-refractivity contribution in [3.63, 3.8) is 0 Å². The van der Waals surface area contributed by atoms with Crippen molar-refractivity contribution < 1.29 is 14.6 Å². The Labute approximate surface area is 82.3 Å². The molecule has 0 amide bonds. The van der Waals surface area contributed by atoms with E-state index in [1.807, 2.05) is 0 Å². The van der Waals surface area contributed by atoms with Crippen molar-refractivity contribution in [3.05, 3.63) is 29.8 Å². The Hall–Kier alpha value is -1.39. The molecule has 0 aliphatic rings. The standard InChI is InChI=1S/C10H13NO3/c1-7(12)14-9-4-2-8(3-5-9)10(13)6-11/h2-5,10,13H,6,11H2,1H3. The van der Waals surface area contributed by atoms with E-state index in [9.17, 15) is 9.90 Å². The molecule has 0 aliphatic carbocycles. The number of benzene rings is 1. The number of esters is 1. The molecular formula is C10H13NO3. The zero-order valence-electron chi connectivity index (χ0n) is 7.93. The maximum absolute atomic E-state index is 10.6. The predicted octanol–water partition coefficient (Wildman–Crippen LogP) is 0.604. The van der Waals surface area contributed by atoms with Crippen LogP contribution in [0.1, 0.15) is 18.6 Å². The molecule has 1 atom stereocenters. The molecule has 0 saturated carbocycles. The summed E-state index contributed by atoms with van der Waals surface area (Å²) in [5.41, 5.74) is 6.00. The van der Waals surface area contributed by atoms with Gasteiger partial charge in [-0.1, -0.05) is 12.1 Å². The predicted molar refractivity (Wildman–Crippen MR) is 51.8 cm³/mol. The largest absolute Gasteiger partial charge is 0.427 e. The van der Waals surface area contributed by atoms with Gasteiger partial charge in [0.05, 0.1) is 6.10 Å². The third kappa shape index (κ3) is 2.83. The maximum atomic E-state index is 10.6. The fourth-order valence-electron chi connectivity index (χ4n) is 1.06. The Balaban J connectivity index is 2.73. The summed E-state index contributed by atoms with van der Waals surface area (Å²) >= 11 is 0. The molecule has 3 N–H and O–H groups in total. The normalized spacial score (nSPS) is 12.2. The van der Waals surface area contributed by atoms with E-state index in [-0.39, 0.29) is 12.5 Å². The molecule has 1 unspecified atom stereocenters. The summed E-state index contributed by atoms with van der Waals surface area (Å²) in [6.07, 6.45) is -0.665. The van der Waals surface area contributed by atoms with Crippen LogP contribution < -0.4 is 10.5 Å². The highest BCUT2D eigenvalue weighted by molar-refractivity contribution is 5.69. The van der Waals surface area contributed by atoms with Gasteiger partial charge in [-0.2, -0.15) is 0 Å². The smallest absolute Gasteiger partial charge is 0.308 e. The van der Waals surface area contributed by atoms with Crippen LogP contribution in [0.5, 0.6) is 5.75 Å². The Bertz CT molecular complexity index is 308. The number of carbonyl (C=O) groups excluding carboxylic acids is 1. The minimum atomic E-state index is -0.665. The molecular weight excluding hydrogens is 182 g/mol. The van der Waals surface area contributed by atoms with Gasteiger partial charge in [-0.3, -0.25) is 4.79 Å².